The van der Waals surface area contributed by atoms with E-state index in [-0.39, 0.29) is 12.4 Å². The zero-order valence-electron chi connectivity index (χ0n) is 11.7. The van der Waals surface area contributed by atoms with Crippen molar-refractivity contribution >= 4 is 23.1 Å². The summed E-state index contributed by atoms with van der Waals surface area (Å²) in [7, 11) is 0. The summed E-state index contributed by atoms with van der Waals surface area (Å²) in [6.07, 6.45) is 0. The highest BCUT2D eigenvalue weighted by Crippen LogP contribution is 2.21. The number of rotatable bonds is 4. The Morgan fingerprint density at radius 1 is 1.24 bits per heavy atom. The van der Waals surface area contributed by atoms with E-state index < -0.39 is 5.97 Å². The molecule has 0 N–H and O–H groups in total. The number of Topliss-reactive ketones (excluding diaryl/α,β-unsaturated/α-hetero) is 1. The van der Waals surface area contributed by atoms with Crippen molar-refractivity contribution in [3.63, 3.8) is 0 Å². The third kappa shape index (κ3) is 3.56. The van der Waals surface area contributed by atoms with Crippen LogP contribution in [0.1, 0.15) is 36.0 Å². The Bertz CT molecular complexity index is 723. The Morgan fingerprint density at radius 3 is 2.43 bits per heavy atom. The number of ketones is 1. The number of nitriles is 1. The summed E-state index contributed by atoms with van der Waals surface area (Å²) < 4.78 is 5.02. The van der Waals surface area contributed by atoms with Crippen molar-refractivity contribution in [2.75, 3.05) is 6.61 Å². The summed E-state index contributed by atoms with van der Waals surface area (Å²) in [6.45, 7) is 3.51. The van der Waals surface area contributed by atoms with Crippen molar-refractivity contribution in [3.8, 4) is 6.07 Å². The largest absolute Gasteiger partial charge is 0.454 e. The molecule has 1 aromatic carbocycles. The molecular weight excluding hydrogens is 286 g/mol. The first-order chi connectivity index (χ1) is 10.0. The molecule has 5 heteroatoms. The molecule has 0 aliphatic rings. The first-order valence-electron chi connectivity index (χ1n) is 6.29. The van der Waals surface area contributed by atoms with Crippen LogP contribution in [0.4, 0.5) is 0 Å². The quantitative estimate of drug-likeness (QED) is 0.642. The van der Waals surface area contributed by atoms with Gasteiger partial charge in [-0.05, 0) is 44.2 Å². The van der Waals surface area contributed by atoms with Crippen LogP contribution < -0.4 is 0 Å². The maximum absolute atomic E-state index is 12.0. The van der Waals surface area contributed by atoms with E-state index in [2.05, 4.69) is 0 Å². The number of carbonyl (C=O) groups is 2. The molecule has 0 saturated carbocycles. The predicted molar refractivity (Wildman–Crippen MR) is 79.6 cm³/mol. The number of hydrogen-bond donors (Lipinski definition) is 0. The number of thiophene rings is 1. The van der Waals surface area contributed by atoms with Crippen LogP contribution in [-0.4, -0.2) is 18.4 Å². The van der Waals surface area contributed by atoms with Gasteiger partial charge in [0.25, 0.3) is 0 Å². The summed E-state index contributed by atoms with van der Waals surface area (Å²) in [4.78, 5) is 25.8. The summed E-state index contributed by atoms with van der Waals surface area (Å²) in [6, 6.07) is 9.85. The number of nitrogens with zero attached hydrogens (tertiary/aromatic N) is 1. The van der Waals surface area contributed by atoms with E-state index in [0.29, 0.717) is 16.7 Å². The lowest BCUT2D eigenvalue weighted by Gasteiger charge is -2.04. The van der Waals surface area contributed by atoms with Crippen molar-refractivity contribution in [2.45, 2.75) is 13.8 Å². The van der Waals surface area contributed by atoms with E-state index in [4.69, 9.17) is 10.00 Å². The highest BCUT2D eigenvalue weighted by atomic mass is 32.1. The van der Waals surface area contributed by atoms with E-state index in [0.717, 1.165) is 9.75 Å². The molecule has 0 bridgehead atoms. The van der Waals surface area contributed by atoms with Gasteiger partial charge in [-0.3, -0.25) is 4.79 Å². The van der Waals surface area contributed by atoms with E-state index in [1.54, 1.807) is 17.4 Å². The van der Waals surface area contributed by atoms with Crippen LogP contribution in [0.3, 0.4) is 0 Å². The molecule has 2 aromatic rings. The van der Waals surface area contributed by atoms with Crippen LogP contribution in [0, 0.1) is 25.2 Å². The molecule has 0 radical (unpaired) electrons. The molecule has 0 amide bonds. The summed E-state index contributed by atoms with van der Waals surface area (Å²) >= 11 is 1.54. The van der Waals surface area contributed by atoms with Crippen molar-refractivity contribution in [1.82, 2.24) is 0 Å². The Kier molecular flexibility index (Phi) is 4.51. The van der Waals surface area contributed by atoms with Gasteiger partial charge in [0.2, 0.25) is 5.78 Å². The van der Waals surface area contributed by atoms with Crippen molar-refractivity contribution in [1.29, 1.82) is 5.26 Å². The van der Waals surface area contributed by atoms with Crippen LogP contribution in [0.5, 0.6) is 0 Å². The number of aryl methyl sites for hydroxylation is 2. The SMILES string of the molecule is Cc1cc(C(=O)COC(=O)c2ccc(C#N)cc2)c(C)s1. The molecule has 21 heavy (non-hydrogen) atoms. The second-order valence-corrected chi connectivity index (χ2v) is 5.98. The molecule has 0 atom stereocenters. The summed E-state index contributed by atoms with van der Waals surface area (Å²) in [5.74, 6) is -0.781. The molecule has 2 rings (SSSR count). The first kappa shape index (κ1) is 14.9. The number of benzene rings is 1. The van der Waals surface area contributed by atoms with E-state index in [1.165, 1.54) is 24.3 Å². The number of hydrogen-bond acceptors (Lipinski definition) is 5. The van der Waals surface area contributed by atoms with E-state index in [9.17, 15) is 9.59 Å². The van der Waals surface area contributed by atoms with Crippen molar-refractivity contribution in [2.24, 2.45) is 0 Å². The van der Waals surface area contributed by atoms with Crippen molar-refractivity contribution in [3.05, 3.63) is 56.8 Å². The fourth-order valence-corrected chi connectivity index (χ4v) is 2.82. The molecule has 1 heterocycles. The second-order valence-electron chi connectivity index (χ2n) is 4.52. The van der Waals surface area contributed by atoms with Gasteiger partial charge in [-0.15, -0.1) is 11.3 Å². The standard InChI is InChI=1S/C16H13NO3S/c1-10-7-14(11(2)21-10)15(18)9-20-16(19)13-5-3-12(8-17)4-6-13/h3-7H,9H2,1-2H3. The van der Waals surface area contributed by atoms with Gasteiger partial charge in [-0.1, -0.05) is 0 Å². The fraction of sp³-hybridized carbons (Fsp3) is 0.188. The topological polar surface area (TPSA) is 67.2 Å². The van der Waals surface area contributed by atoms with Crippen molar-refractivity contribution < 1.29 is 14.3 Å². The van der Waals surface area contributed by atoms with Gasteiger partial charge < -0.3 is 4.74 Å². The minimum Gasteiger partial charge on any atom is -0.454 e. The Hall–Kier alpha value is -2.45. The average molecular weight is 299 g/mol. The van der Waals surface area contributed by atoms with Gasteiger partial charge in [0.1, 0.15) is 0 Å². The number of carbonyl (C=O) groups excluding carboxylic acids is 2. The molecule has 0 spiro atoms. The molecule has 1 aromatic heterocycles. The Labute approximate surface area is 126 Å². The highest BCUT2D eigenvalue weighted by molar-refractivity contribution is 7.12. The van der Waals surface area contributed by atoms with Gasteiger partial charge in [0, 0.05) is 15.3 Å². The molecule has 0 saturated heterocycles. The third-order valence-electron chi connectivity index (χ3n) is 2.93. The van der Waals surface area contributed by atoms with Crippen LogP contribution in [-0.2, 0) is 4.74 Å². The Morgan fingerprint density at radius 2 is 1.90 bits per heavy atom. The highest BCUT2D eigenvalue weighted by Gasteiger charge is 2.15. The van der Waals surface area contributed by atoms with Gasteiger partial charge in [-0.2, -0.15) is 5.26 Å². The zero-order valence-corrected chi connectivity index (χ0v) is 12.5. The second kappa shape index (κ2) is 6.33. The lowest BCUT2D eigenvalue weighted by Crippen LogP contribution is -2.14. The third-order valence-corrected chi connectivity index (χ3v) is 3.89. The van der Waals surface area contributed by atoms with Crippen LogP contribution >= 0.6 is 11.3 Å². The molecule has 106 valence electrons. The molecular formula is C16H13NO3S. The van der Waals surface area contributed by atoms with Gasteiger partial charge in [0.05, 0.1) is 17.2 Å². The molecule has 0 aliphatic carbocycles. The maximum atomic E-state index is 12.0. The van der Waals surface area contributed by atoms with Gasteiger partial charge >= 0.3 is 5.97 Å². The summed E-state index contributed by atoms with van der Waals surface area (Å²) in [5, 5.41) is 8.69. The van der Waals surface area contributed by atoms with Crippen LogP contribution in [0.2, 0.25) is 0 Å². The zero-order chi connectivity index (χ0) is 15.4. The minimum atomic E-state index is -0.572. The number of esters is 1. The van der Waals surface area contributed by atoms with Gasteiger partial charge in [-0.25, -0.2) is 4.79 Å². The summed E-state index contributed by atoms with van der Waals surface area (Å²) in [5.41, 5.74) is 1.39. The normalized spacial score (nSPS) is 9.95. The van der Waals surface area contributed by atoms with Gasteiger partial charge in [0.15, 0.2) is 6.61 Å². The molecule has 0 aliphatic heterocycles. The first-order valence-corrected chi connectivity index (χ1v) is 7.10. The predicted octanol–water partition coefficient (Wildman–Crippen LogP) is 3.28. The number of ether oxygens (including phenoxy) is 1. The monoisotopic (exact) mass is 299 g/mol. The van der Waals surface area contributed by atoms with Crippen LogP contribution in [0.15, 0.2) is 30.3 Å². The average Bonchev–Trinajstić information content (AvgIpc) is 2.83. The minimum absolute atomic E-state index is 0.209. The Balaban J connectivity index is 1.99. The van der Waals surface area contributed by atoms with E-state index >= 15 is 0 Å². The smallest absolute Gasteiger partial charge is 0.338 e. The maximum Gasteiger partial charge on any atom is 0.338 e. The van der Waals surface area contributed by atoms with E-state index in [1.807, 2.05) is 19.9 Å². The lowest BCUT2D eigenvalue weighted by atomic mass is 10.1. The molecule has 0 fully saturated rings. The molecule has 0 unspecified atom stereocenters. The molecule has 4 nitrogen and oxygen atoms in total. The lowest BCUT2D eigenvalue weighted by molar-refractivity contribution is 0.0474. The van der Waals surface area contributed by atoms with Crippen LogP contribution in [0.25, 0.3) is 0 Å². The fourth-order valence-electron chi connectivity index (χ4n) is 1.88.